The molecule has 0 unspecified atom stereocenters. The number of hydrogen-bond acceptors (Lipinski definition) is 10. The molecule has 3 aromatic rings. The lowest BCUT2D eigenvalue weighted by Gasteiger charge is -2.01. The summed E-state index contributed by atoms with van der Waals surface area (Å²) < 4.78 is 10.3. The third-order valence-electron chi connectivity index (χ3n) is 3.16. The molecule has 0 aromatic carbocycles. The van der Waals surface area contributed by atoms with E-state index in [1.54, 1.807) is 31.5 Å². The first-order chi connectivity index (χ1) is 13.0. The molecule has 0 aliphatic heterocycles. The molecule has 0 radical (unpaired) electrons. The summed E-state index contributed by atoms with van der Waals surface area (Å²) in [6.07, 6.45) is 3.26. The molecule has 3 aromatic heterocycles. The predicted molar refractivity (Wildman–Crippen MR) is 94.0 cm³/mol. The second kappa shape index (κ2) is 8.23. The van der Waals surface area contributed by atoms with Crippen molar-refractivity contribution in [1.82, 2.24) is 20.6 Å². The van der Waals surface area contributed by atoms with E-state index in [0.717, 1.165) is 17.3 Å². The predicted octanol–water partition coefficient (Wildman–Crippen LogP) is 2.27. The minimum atomic E-state index is -0.672. The standard InChI is InChI=1S/C15H12N6O5S/c1-9(10-4-6-16-7-5-10)17-18-12(22)8-27-15-20-19-14(26-15)11-2-3-13(25-11)21(23)24/h2-7H,8H2,1H3,(H,18,22)/b17-9+. The lowest BCUT2D eigenvalue weighted by molar-refractivity contribution is -0.401. The number of pyridine rings is 1. The lowest BCUT2D eigenvalue weighted by atomic mass is 10.2. The Kier molecular flexibility index (Phi) is 5.56. The first-order valence-electron chi connectivity index (χ1n) is 7.47. The van der Waals surface area contributed by atoms with Gasteiger partial charge in [-0.25, -0.2) is 5.43 Å². The van der Waals surface area contributed by atoms with Gasteiger partial charge in [-0.05, 0) is 25.1 Å². The first kappa shape index (κ1) is 18.3. The van der Waals surface area contributed by atoms with E-state index in [9.17, 15) is 14.9 Å². The van der Waals surface area contributed by atoms with Gasteiger partial charge >= 0.3 is 5.88 Å². The van der Waals surface area contributed by atoms with Crippen LogP contribution in [0.4, 0.5) is 5.88 Å². The minimum absolute atomic E-state index is 0.00688. The number of aromatic nitrogens is 3. The van der Waals surface area contributed by atoms with Gasteiger partial charge in [-0.15, -0.1) is 10.2 Å². The second-order valence-electron chi connectivity index (χ2n) is 5.02. The van der Waals surface area contributed by atoms with Gasteiger partial charge in [-0.2, -0.15) is 5.10 Å². The van der Waals surface area contributed by atoms with Crippen LogP contribution in [0.5, 0.6) is 0 Å². The van der Waals surface area contributed by atoms with Gasteiger partial charge in [0.1, 0.15) is 4.92 Å². The number of hydrazone groups is 1. The molecule has 0 aliphatic rings. The summed E-state index contributed by atoms with van der Waals surface area (Å²) in [6.45, 7) is 1.76. The molecule has 0 saturated heterocycles. The van der Waals surface area contributed by atoms with Crippen molar-refractivity contribution in [3.63, 3.8) is 0 Å². The van der Waals surface area contributed by atoms with E-state index < -0.39 is 10.8 Å². The number of furan rings is 1. The maximum absolute atomic E-state index is 11.9. The Morgan fingerprint density at radius 3 is 2.74 bits per heavy atom. The summed E-state index contributed by atoms with van der Waals surface area (Å²) >= 11 is 0.997. The third-order valence-corrected chi connectivity index (χ3v) is 3.98. The Bertz CT molecular complexity index is 984. The van der Waals surface area contributed by atoms with Gasteiger partial charge in [-0.3, -0.25) is 19.9 Å². The van der Waals surface area contributed by atoms with Gasteiger partial charge in [0, 0.05) is 18.0 Å². The fourth-order valence-electron chi connectivity index (χ4n) is 1.87. The van der Waals surface area contributed by atoms with Crippen LogP contribution in [0.1, 0.15) is 12.5 Å². The molecule has 0 spiro atoms. The molecule has 1 N–H and O–H groups in total. The average molecular weight is 388 g/mol. The number of thioether (sulfide) groups is 1. The van der Waals surface area contributed by atoms with Crippen molar-refractivity contribution in [2.45, 2.75) is 12.1 Å². The van der Waals surface area contributed by atoms with E-state index in [4.69, 9.17) is 8.83 Å². The smallest absolute Gasteiger partial charge is 0.408 e. The molecular weight excluding hydrogens is 376 g/mol. The fourth-order valence-corrected chi connectivity index (χ4v) is 2.43. The zero-order valence-electron chi connectivity index (χ0n) is 13.9. The largest absolute Gasteiger partial charge is 0.433 e. The molecule has 0 atom stereocenters. The lowest BCUT2D eigenvalue weighted by Crippen LogP contribution is -2.21. The van der Waals surface area contributed by atoms with Crippen molar-refractivity contribution in [3.05, 3.63) is 52.3 Å². The summed E-state index contributed by atoms with van der Waals surface area (Å²) in [6, 6.07) is 6.09. The van der Waals surface area contributed by atoms with Crippen molar-refractivity contribution >= 4 is 29.3 Å². The van der Waals surface area contributed by atoms with E-state index >= 15 is 0 Å². The molecular formula is C15H12N6O5S. The molecule has 0 bridgehead atoms. The highest BCUT2D eigenvalue weighted by Gasteiger charge is 2.18. The number of nitro groups is 1. The molecule has 3 heterocycles. The molecule has 3 rings (SSSR count). The Morgan fingerprint density at radius 1 is 1.26 bits per heavy atom. The van der Waals surface area contributed by atoms with Crippen molar-refractivity contribution in [2.24, 2.45) is 5.10 Å². The highest BCUT2D eigenvalue weighted by atomic mass is 32.2. The van der Waals surface area contributed by atoms with Gasteiger partial charge in [-0.1, -0.05) is 11.8 Å². The van der Waals surface area contributed by atoms with Gasteiger partial charge < -0.3 is 8.83 Å². The summed E-state index contributed by atoms with van der Waals surface area (Å²) in [5.74, 6) is -0.741. The minimum Gasteiger partial charge on any atom is -0.408 e. The monoisotopic (exact) mass is 388 g/mol. The maximum atomic E-state index is 11.9. The number of nitrogens with one attached hydrogen (secondary N) is 1. The number of amides is 1. The maximum Gasteiger partial charge on any atom is 0.433 e. The number of hydrogen-bond donors (Lipinski definition) is 1. The van der Waals surface area contributed by atoms with Crippen LogP contribution in [0.15, 0.2) is 55.8 Å². The fraction of sp³-hybridized carbons (Fsp3) is 0.133. The van der Waals surface area contributed by atoms with Crippen molar-refractivity contribution in [3.8, 4) is 11.7 Å². The van der Waals surface area contributed by atoms with Crippen LogP contribution in [0.25, 0.3) is 11.7 Å². The summed E-state index contributed by atoms with van der Waals surface area (Å²) in [5.41, 5.74) is 3.90. The van der Waals surface area contributed by atoms with Gasteiger partial charge in [0.05, 0.1) is 17.5 Å². The quantitative estimate of drug-likeness (QED) is 0.278. The Balaban J connectivity index is 1.53. The van der Waals surface area contributed by atoms with E-state index in [0.29, 0.717) is 5.71 Å². The molecule has 0 saturated carbocycles. The van der Waals surface area contributed by atoms with E-state index in [2.05, 4.69) is 25.7 Å². The Labute approximate surface area is 156 Å². The molecule has 138 valence electrons. The summed E-state index contributed by atoms with van der Waals surface area (Å²) in [7, 11) is 0. The zero-order chi connectivity index (χ0) is 19.2. The average Bonchev–Trinajstić information content (AvgIpc) is 3.34. The topological polar surface area (TPSA) is 150 Å². The first-order valence-corrected chi connectivity index (χ1v) is 8.46. The normalized spacial score (nSPS) is 11.4. The van der Waals surface area contributed by atoms with Crippen molar-refractivity contribution in [1.29, 1.82) is 0 Å². The Hall–Kier alpha value is -3.54. The van der Waals surface area contributed by atoms with Crippen LogP contribution in [-0.4, -0.2) is 37.5 Å². The van der Waals surface area contributed by atoms with E-state index in [1.807, 2.05) is 0 Å². The second-order valence-corrected chi connectivity index (χ2v) is 5.95. The summed E-state index contributed by atoms with van der Waals surface area (Å²) in [4.78, 5) is 25.7. The number of rotatable bonds is 7. The van der Waals surface area contributed by atoms with Gasteiger partial charge in [0.25, 0.3) is 17.0 Å². The van der Waals surface area contributed by atoms with Crippen LogP contribution in [0.3, 0.4) is 0 Å². The highest BCUT2D eigenvalue weighted by Crippen LogP contribution is 2.27. The Morgan fingerprint density at radius 2 is 2.04 bits per heavy atom. The van der Waals surface area contributed by atoms with Crippen molar-refractivity contribution < 1.29 is 18.6 Å². The van der Waals surface area contributed by atoms with Crippen LogP contribution in [-0.2, 0) is 4.79 Å². The summed E-state index contributed by atoms with van der Waals surface area (Å²) in [5, 5.41) is 22.2. The van der Waals surface area contributed by atoms with Gasteiger partial charge in [0.15, 0.2) is 5.76 Å². The number of carbonyl (C=O) groups is 1. The number of nitrogens with zero attached hydrogens (tertiary/aromatic N) is 5. The van der Waals surface area contributed by atoms with Crippen LogP contribution in [0, 0.1) is 10.1 Å². The zero-order valence-corrected chi connectivity index (χ0v) is 14.7. The van der Waals surface area contributed by atoms with Crippen molar-refractivity contribution in [2.75, 3.05) is 5.75 Å². The van der Waals surface area contributed by atoms with E-state index in [1.165, 1.54) is 12.1 Å². The third kappa shape index (κ3) is 4.76. The number of carbonyl (C=O) groups excluding carboxylic acids is 1. The van der Waals surface area contributed by atoms with Gasteiger partial charge in [0.2, 0.25) is 0 Å². The highest BCUT2D eigenvalue weighted by molar-refractivity contribution is 7.99. The molecule has 27 heavy (non-hydrogen) atoms. The van der Waals surface area contributed by atoms with Crippen LogP contribution < -0.4 is 5.43 Å². The van der Waals surface area contributed by atoms with Crippen LogP contribution >= 0.6 is 11.8 Å². The molecule has 11 nitrogen and oxygen atoms in total. The van der Waals surface area contributed by atoms with Crippen LogP contribution in [0.2, 0.25) is 0 Å². The molecule has 12 heteroatoms. The molecule has 0 aliphatic carbocycles. The molecule has 0 fully saturated rings. The molecule has 1 amide bonds. The van der Waals surface area contributed by atoms with E-state index in [-0.39, 0.29) is 28.5 Å². The SMILES string of the molecule is C/C(=N\NC(=O)CSc1nnc(-c2ccc([N+](=O)[O-])o2)o1)c1ccncc1.